The maximum atomic E-state index is 12.5. The van der Waals surface area contributed by atoms with Crippen LogP contribution >= 0.6 is 11.3 Å². The summed E-state index contributed by atoms with van der Waals surface area (Å²) >= 11 is 1.60. The Kier molecular flexibility index (Phi) is 3.34. The van der Waals surface area contributed by atoms with Crippen LogP contribution in [0.3, 0.4) is 0 Å². The van der Waals surface area contributed by atoms with Gasteiger partial charge in [-0.3, -0.25) is 4.68 Å². The van der Waals surface area contributed by atoms with Gasteiger partial charge < -0.3 is 5.32 Å². The Balaban J connectivity index is 2.07. The highest BCUT2D eigenvalue weighted by atomic mass is 32.1. The van der Waals surface area contributed by atoms with Gasteiger partial charge >= 0.3 is 6.18 Å². The Morgan fingerprint density at radius 3 is 2.61 bits per heavy atom. The number of hydrogen-bond acceptors (Lipinski definition) is 3. The lowest BCUT2D eigenvalue weighted by Crippen LogP contribution is -2.11. The lowest BCUT2D eigenvalue weighted by molar-refractivity contribution is -0.143. The van der Waals surface area contributed by atoms with E-state index in [1.165, 1.54) is 11.9 Å². The molecule has 0 aliphatic heterocycles. The first-order valence-electron chi connectivity index (χ1n) is 5.26. The zero-order valence-electron chi connectivity index (χ0n) is 9.88. The number of halogens is 3. The van der Waals surface area contributed by atoms with E-state index in [9.17, 15) is 13.2 Å². The number of thiophene rings is 1. The van der Waals surface area contributed by atoms with Gasteiger partial charge in [-0.1, -0.05) is 0 Å². The van der Waals surface area contributed by atoms with Gasteiger partial charge in [-0.25, -0.2) is 0 Å². The first kappa shape index (κ1) is 12.9. The van der Waals surface area contributed by atoms with Crippen LogP contribution in [0, 0.1) is 6.92 Å². The standard InChI is InChI=1S/C11H12F3N3S/c1-7-3-4-8(18-7)6-15-10-5-9(11(12,13)14)17(2)16-10/h3-5H,6H2,1-2H3,(H,15,16). The van der Waals surface area contributed by atoms with Gasteiger partial charge in [0, 0.05) is 22.9 Å². The Morgan fingerprint density at radius 1 is 1.39 bits per heavy atom. The zero-order chi connectivity index (χ0) is 13.3. The second-order valence-corrected chi connectivity index (χ2v) is 5.27. The number of aromatic nitrogens is 2. The number of alkyl halides is 3. The summed E-state index contributed by atoms with van der Waals surface area (Å²) in [7, 11) is 1.28. The van der Waals surface area contributed by atoms with Gasteiger partial charge in [-0.2, -0.15) is 18.3 Å². The summed E-state index contributed by atoms with van der Waals surface area (Å²) in [5.74, 6) is 0.232. The van der Waals surface area contributed by atoms with Gasteiger partial charge in [0.05, 0.1) is 6.54 Å². The molecule has 18 heavy (non-hydrogen) atoms. The predicted molar refractivity (Wildman–Crippen MR) is 64.6 cm³/mol. The lowest BCUT2D eigenvalue weighted by atomic mass is 10.4. The van der Waals surface area contributed by atoms with E-state index in [0.717, 1.165) is 15.6 Å². The van der Waals surface area contributed by atoms with Gasteiger partial charge in [-0.05, 0) is 19.1 Å². The van der Waals surface area contributed by atoms with Crippen molar-refractivity contribution in [3.05, 3.63) is 33.6 Å². The highest BCUT2D eigenvalue weighted by Crippen LogP contribution is 2.30. The molecule has 0 aromatic carbocycles. The fourth-order valence-corrected chi connectivity index (χ4v) is 2.41. The number of nitrogens with one attached hydrogen (secondary N) is 1. The van der Waals surface area contributed by atoms with E-state index in [1.807, 2.05) is 19.1 Å². The minimum Gasteiger partial charge on any atom is -0.364 e. The number of nitrogens with zero attached hydrogens (tertiary/aromatic N) is 2. The average Bonchev–Trinajstić information content (AvgIpc) is 2.81. The molecular formula is C11H12F3N3S. The van der Waals surface area contributed by atoms with Gasteiger partial charge in [0.2, 0.25) is 0 Å². The molecule has 0 atom stereocenters. The predicted octanol–water partition coefficient (Wildman–Crippen LogP) is 3.42. The summed E-state index contributed by atoms with van der Waals surface area (Å²) in [6.07, 6.45) is -4.37. The van der Waals surface area contributed by atoms with Crippen molar-refractivity contribution in [3.8, 4) is 0 Å². The van der Waals surface area contributed by atoms with Crippen molar-refractivity contribution in [3.63, 3.8) is 0 Å². The van der Waals surface area contributed by atoms with Crippen molar-refractivity contribution in [2.75, 3.05) is 5.32 Å². The molecule has 0 aliphatic carbocycles. The molecule has 0 unspecified atom stereocenters. The van der Waals surface area contributed by atoms with Crippen LogP contribution in [0.15, 0.2) is 18.2 Å². The summed E-state index contributed by atoms with van der Waals surface area (Å²) < 4.78 is 38.5. The van der Waals surface area contributed by atoms with Crippen molar-refractivity contribution in [2.45, 2.75) is 19.6 Å². The van der Waals surface area contributed by atoms with E-state index in [0.29, 0.717) is 6.54 Å². The van der Waals surface area contributed by atoms with E-state index in [2.05, 4.69) is 10.4 Å². The normalized spacial score (nSPS) is 11.8. The zero-order valence-corrected chi connectivity index (χ0v) is 10.7. The molecule has 0 bridgehead atoms. The van der Waals surface area contributed by atoms with E-state index in [4.69, 9.17) is 0 Å². The third-order valence-corrected chi connectivity index (χ3v) is 3.41. The Hall–Kier alpha value is -1.50. The van der Waals surface area contributed by atoms with Crippen LogP contribution in [0.5, 0.6) is 0 Å². The highest BCUT2D eigenvalue weighted by Gasteiger charge is 2.34. The Bertz CT molecular complexity index is 542. The van der Waals surface area contributed by atoms with E-state index < -0.39 is 11.9 Å². The number of hydrogen-bond donors (Lipinski definition) is 1. The van der Waals surface area contributed by atoms with Crippen LogP contribution < -0.4 is 5.32 Å². The number of aryl methyl sites for hydroxylation is 2. The molecule has 3 nitrogen and oxygen atoms in total. The second kappa shape index (κ2) is 4.64. The maximum Gasteiger partial charge on any atom is 0.433 e. The minimum absolute atomic E-state index is 0.232. The second-order valence-electron chi connectivity index (χ2n) is 3.90. The van der Waals surface area contributed by atoms with Gasteiger partial charge in [0.25, 0.3) is 0 Å². The fourth-order valence-electron chi connectivity index (χ4n) is 1.58. The summed E-state index contributed by atoms with van der Waals surface area (Å²) in [5, 5.41) is 6.68. The lowest BCUT2D eigenvalue weighted by Gasteiger charge is -2.04. The molecule has 0 saturated carbocycles. The average molecular weight is 275 g/mol. The quantitative estimate of drug-likeness (QED) is 0.930. The van der Waals surface area contributed by atoms with Crippen LogP contribution in [0.1, 0.15) is 15.4 Å². The van der Waals surface area contributed by atoms with Gasteiger partial charge in [-0.15, -0.1) is 11.3 Å². The van der Waals surface area contributed by atoms with Crippen LogP contribution in [0.25, 0.3) is 0 Å². The van der Waals surface area contributed by atoms with Crippen LogP contribution in [0.4, 0.5) is 19.0 Å². The molecule has 2 heterocycles. The van der Waals surface area contributed by atoms with Crippen molar-refractivity contribution in [1.82, 2.24) is 9.78 Å². The summed E-state index contributed by atoms with van der Waals surface area (Å²) in [6, 6.07) is 4.93. The third-order valence-electron chi connectivity index (χ3n) is 2.41. The van der Waals surface area contributed by atoms with Crippen LogP contribution in [-0.4, -0.2) is 9.78 Å². The molecule has 0 radical (unpaired) electrons. The minimum atomic E-state index is -4.37. The molecule has 2 rings (SSSR count). The maximum absolute atomic E-state index is 12.5. The smallest absolute Gasteiger partial charge is 0.364 e. The molecule has 0 fully saturated rings. The van der Waals surface area contributed by atoms with Crippen molar-refractivity contribution in [1.29, 1.82) is 0 Å². The third kappa shape index (κ3) is 2.84. The Labute approximate surface area is 106 Å². The molecule has 98 valence electrons. The molecule has 0 saturated heterocycles. The number of rotatable bonds is 3. The largest absolute Gasteiger partial charge is 0.433 e. The molecule has 0 aliphatic rings. The SMILES string of the molecule is Cc1ccc(CNc2cc(C(F)(F)F)n(C)n2)s1. The summed E-state index contributed by atoms with van der Waals surface area (Å²) in [5.41, 5.74) is -0.757. The first-order chi connectivity index (χ1) is 8.36. The van der Waals surface area contributed by atoms with E-state index >= 15 is 0 Å². The van der Waals surface area contributed by atoms with Gasteiger partial charge in [0.15, 0.2) is 0 Å². The van der Waals surface area contributed by atoms with Crippen molar-refractivity contribution < 1.29 is 13.2 Å². The topological polar surface area (TPSA) is 29.9 Å². The molecule has 2 aromatic rings. The summed E-state index contributed by atoms with van der Waals surface area (Å²) in [4.78, 5) is 2.23. The first-order valence-corrected chi connectivity index (χ1v) is 6.08. The van der Waals surface area contributed by atoms with Crippen molar-refractivity contribution >= 4 is 17.2 Å². The molecule has 7 heteroatoms. The molecule has 0 amide bonds. The molecule has 0 spiro atoms. The van der Waals surface area contributed by atoms with Crippen LogP contribution in [-0.2, 0) is 19.8 Å². The molecule has 1 N–H and O–H groups in total. The summed E-state index contributed by atoms with van der Waals surface area (Å²) in [6.45, 7) is 2.46. The van der Waals surface area contributed by atoms with E-state index in [1.54, 1.807) is 11.3 Å². The van der Waals surface area contributed by atoms with Crippen molar-refractivity contribution in [2.24, 2.45) is 7.05 Å². The fraction of sp³-hybridized carbons (Fsp3) is 0.364. The van der Waals surface area contributed by atoms with Crippen LogP contribution in [0.2, 0.25) is 0 Å². The van der Waals surface area contributed by atoms with E-state index in [-0.39, 0.29) is 5.82 Å². The number of anilines is 1. The molecule has 2 aromatic heterocycles. The monoisotopic (exact) mass is 275 g/mol. The Morgan fingerprint density at radius 2 is 2.11 bits per heavy atom. The molecular weight excluding hydrogens is 263 g/mol. The van der Waals surface area contributed by atoms with Gasteiger partial charge in [0.1, 0.15) is 11.5 Å². The highest BCUT2D eigenvalue weighted by molar-refractivity contribution is 7.11.